The lowest BCUT2D eigenvalue weighted by atomic mass is 10.1. The van der Waals surface area contributed by atoms with Crippen LogP contribution in [0.3, 0.4) is 0 Å². The second-order valence-electron chi connectivity index (χ2n) is 3.18. The zero-order valence-electron chi connectivity index (χ0n) is 8.63. The monoisotopic (exact) mass is 198 g/mol. The van der Waals surface area contributed by atoms with Gasteiger partial charge in [0, 0.05) is 17.1 Å². The number of nitrogens with zero attached hydrogens (tertiary/aromatic N) is 1. The van der Waals surface area contributed by atoms with Gasteiger partial charge in [-0.05, 0) is 19.9 Å². The molecule has 1 heterocycles. The van der Waals surface area contributed by atoms with Gasteiger partial charge in [0.15, 0.2) is 0 Å². The van der Waals surface area contributed by atoms with Crippen LogP contribution in [0.2, 0.25) is 0 Å². The fourth-order valence-corrected chi connectivity index (χ4v) is 2.31. The van der Waals surface area contributed by atoms with Gasteiger partial charge in [-0.25, -0.2) is 4.98 Å². The number of hydrogen-bond donors (Lipinski definition) is 1. The van der Waals surface area contributed by atoms with E-state index in [0.717, 1.165) is 11.6 Å². The Labute approximate surface area is 84.4 Å². The lowest BCUT2D eigenvalue weighted by Gasteiger charge is -2.14. The summed E-state index contributed by atoms with van der Waals surface area (Å²) in [6.45, 7) is 7.46. The van der Waals surface area contributed by atoms with E-state index in [1.807, 2.05) is 6.20 Å². The summed E-state index contributed by atoms with van der Waals surface area (Å²) >= 11 is 1.80. The molecule has 2 nitrogen and oxygen atoms in total. The topological polar surface area (TPSA) is 24.9 Å². The van der Waals surface area contributed by atoms with Crippen LogP contribution >= 0.6 is 11.3 Å². The molecule has 0 bridgehead atoms. The molecule has 0 aliphatic heterocycles. The molecule has 1 atom stereocenters. The largest absolute Gasteiger partial charge is 0.309 e. The van der Waals surface area contributed by atoms with Crippen LogP contribution in [-0.4, -0.2) is 11.5 Å². The van der Waals surface area contributed by atoms with E-state index in [1.165, 1.54) is 17.7 Å². The van der Waals surface area contributed by atoms with Crippen molar-refractivity contribution < 1.29 is 0 Å². The van der Waals surface area contributed by atoms with E-state index in [4.69, 9.17) is 0 Å². The number of rotatable bonds is 5. The molecule has 1 aromatic heterocycles. The molecule has 0 spiro atoms. The van der Waals surface area contributed by atoms with Gasteiger partial charge >= 0.3 is 0 Å². The second kappa shape index (κ2) is 5.35. The Morgan fingerprint density at radius 3 is 2.77 bits per heavy atom. The number of aryl methyl sites for hydroxylation is 1. The van der Waals surface area contributed by atoms with Crippen LogP contribution in [0.4, 0.5) is 0 Å². The average molecular weight is 198 g/mol. The molecule has 3 heteroatoms. The standard InChI is InChI=1S/C10H18N2S/c1-4-6-9(11-5-2)10-7-12-8(3)13-10/h7,9,11H,4-6H2,1-3H3. The van der Waals surface area contributed by atoms with Crippen LogP contribution in [-0.2, 0) is 0 Å². The van der Waals surface area contributed by atoms with Crippen molar-refractivity contribution in [2.75, 3.05) is 6.54 Å². The third-order valence-electron chi connectivity index (χ3n) is 2.01. The van der Waals surface area contributed by atoms with Gasteiger partial charge in [0.1, 0.15) is 0 Å². The van der Waals surface area contributed by atoms with E-state index < -0.39 is 0 Å². The van der Waals surface area contributed by atoms with Crippen molar-refractivity contribution in [1.29, 1.82) is 0 Å². The van der Waals surface area contributed by atoms with Gasteiger partial charge in [-0.1, -0.05) is 20.3 Å². The molecule has 0 aliphatic carbocycles. The van der Waals surface area contributed by atoms with Gasteiger partial charge in [0.05, 0.1) is 5.01 Å². The highest BCUT2D eigenvalue weighted by Gasteiger charge is 2.11. The second-order valence-corrected chi connectivity index (χ2v) is 4.45. The summed E-state index contributed by atoms with van der Waals surface area (Å²) < 4.78 is 0. The van der Waals surface area contributed by atoms with Crippen molar-refractivity contribution in [1.82, 2.24) is 10.3 Å². The van der Waals surface area contributed by atoms with Crippen molar-refractivity contribution in [3.8, 4) is 0 Å². The molecule has 0 aliphatic rings. The van der Waals surface area contributed by atoms with Crippen LogP contribution in [0.25, 0.3) is 0 Å². The van der Waals surface area contributed by atoms with Crippen LogP contribution in [0.1, 0.15) is 42.6 Å². The van der Waals surface area contributed by atoms with Crippen LogP contribution in [0.15, 0.2) is 6.20 Å². The van der Waals surface area contributed by atoms with Crippen molar-refractivity contribution in [2.45, 2.75) is 39.7 Å². The maximum atomic E-state index is 4.28. The molecular weight excluding hydrogens is 180 g/mol. The maximum absolute atomic E-state index is 4.28. The quantitative estimate of drug-likeness (QED) is 0.787. The Morgan fingerprint density at radius 1 is 1.54 bits per heavy atom. The third kappa shape index (κ3) is 3.08. The summed E-state index contributed by atoms with van der Waals surface area (Å²) in [5.41, 5.74) is 0. The van der Waals surface area contributed by atoms with Gasteiger partial charge in [-0.3, -0.25) is 0 Å². The predicted molar refractivity (Wildman–Crippen MR) is 58.2 cm³/mol. The van der Waals surface area contributed by atoms with Crippen LogP contribution in [0, 0.1) is 6.92 Å². The van der Waals surface area contributed by atoms with Crippen molar-refractivity contribution in [3.05, 3.63) is 16.1 Å². The molecule has 0 radical (unpaired) electrons. The molecule has 0 fully saturated rings. The highest BCUT2D eigenvalue weighted by Crippen LogP contribution is 2.23. The van der Waals surface area contributed by atoms with Crippen molar-refractivity contribution in [3.63, 3.8) is 0 Å². The fourth-order valence-electron chi connectivity index (χ4n) is 1.42. The maximum Gasteiger partial charge on any atom is 0.0897 e. The first-order valence-electron chi connectivity index (χ1n) is 4.93. The smallest absolute Gasteiger partial charge is 0.0897 e. The third-order valence-corrected chi connectivity index (χ3v) is 3.04. The van der Waals surface area contributed by atoms with E-state index in [9.17, 15) is 0 Å². The minimum Gasteiger partial charge on any atom is -0.309 e. The summed E-state index contributed by atoms with van der Waals surface area (Å²) in [6, 6.07) is 0.515. The minimum absolute atomic E-state index is 0.515. The predicted octanol–water partition coefficient (Wildman–Crippen LogP) is 2.90. The Morgan fingerprint density at radius 2 is 2.31 bits per heavy atom. The lowest BCUT2D eigenvalue weighted by molar-refractivity contribution is 0.516. The number of thiazole rings is 1. The van der Waals surface area contributed by atoms with E-state index in [0.29, 0.717) is 6.04 Å². The van der Waals surface area contributed by atoms with Gasteiger partial charge in [0.25, 0.3) is 0 Å². The molecular formula is C10H18N2S. The first-order valence-corrected chi connectivity index (χ1v) is 5.75. The zero-order chi connectivity index (χ0) is 9.68. The minimum atomic E-state index is 0.515. The van der Waals surface area contributed by atoms with E-state index in [-0.39, 0.29) is 0 Å². The number of nitrogens with one attached hydrogen (secondary N) is 1. The normalized spacial score (nSPS) is 13.2. The van der Waals surface area contributed by atoms with E-state index in [1.54, 1.807) is 11.3 Å². The van der Waals surface area contributed by atoms with Gasteiger partial charge < -0.3 is 5.32 Å². The summed E-state index contributed by atoms with van der Waals surface area (Å²) in [5.74, 6) is 0. The van der Waals surface area contributed by atoms with Gasteiger partial charge in [-0.15, -0.1) is 11.3 Å². The molecule has 0 amide bonds. The Kier molecular flexibility index (Phi) is 4.39. The SMILES string of the molecule is CCCC(NCC)c1cnc(C)s1. The van der Waals surface area contributed by atoms with Crippen LogP contribution < -0.4 is 5.32 Å². The molecule has 1 aromatic rings. The highest BCUT2D eigenvalue weighted by molar-refractivity contribution is 7.11. The van der Waals surface area contributed by atoms with E-state index in [2.05, 4.69) is 31.1 Å². The first-order chi connectivity index (χ1) is 6.27. The number of hydrogen-bond acceptors (Lipinski definition) is 3. The fraction of sp³-hybridized carbons (Fsp3) is 0.700. The van der Waals surface area contributed by atoms with Crippen LogP contribution in [0.5, 0.6) is 0 Å². The average Bonchev–Trinajstić information content (AvgIpc) is 2.51. The van der Waals surface area contributed by atoms with Gasteiger partial charge in [0.2, 0.25) is 0 Å². The van der Waals surface area contributed by atoms with E-state index >= 15 is 0 Å². The molecule has 0 saturated heterocycles. The van der Waals surface area contributed by atoms with Crippen molar-refractivity contribution in [2.24, 2.45) is 0 Å². The summed E-state index contributed by atoms with van der Waals surface area (Å²) in [5, 5.41) is 4.64. The number of aromatic nitrogens is 1. The molecule has 13 heavy (non-hydrogen) atoms. The van der Waals surface area contributed by atoms with Gasteiger partial charge in [-0.2, -0.15) is 0 Å². The Balaban J connectivity index is 2.63. The van der Waals surface area contributed by atoms with Crippen molar-refractivity contribution >= 4 is 11.3 Å². The zero-order valence-corrected chi connectivity index (χ0v) is 9.45. The highest BCUT2D eigenvalue weighted by atomic mass is 32.1. The molecule has 1 unspecified atom stereocenters. The summed E-state index contributed by atoms with van der Waals surface area (Å²) in [6.07, 6.45) is 4.42. The molecule has 1 rings (SSSR count). The molecule has 0 saturated carbocycles. The molecule has 0 aromatic carbocycles. The Bertz CT molecular complexity index is 239. The lowest BCUT2D eigenvalue weighted by Crippen LogP contribution is -2.19. The Hall–Kier alpha value is -0.410. The first kappa shape index (κ1) is 10.7. The molecule has 74 valence electrons. The summed E-state index contributed by atoms with van der Waals surface area (Å²) in [4.78, 5) is 5.66. The molecule has 1 N–H and O–H groups in total. The summed E-state index contributed by atoms with van der Waals surface area (Å²) in [7, 11) is 0.